The molecule has 7 nitrogen and oxygen atoms in total. The fourth-order valence-electron chi connectivity index (χ4n) is 5.25. The third kappa shape index (κ3) is 3.47. The first-order chi connectivity index (χ1) is 16.6. The smallest absolute Gasteiger partial charge is 0.344 e. The molecule has 0 spiro atoms. The topological polar surface area (TPSA) is 82.1 Å². The summed E-state index contributed by atoms with van der Waals surface area (Å²) in [5.41, 5.74) is 1.45. The van der Waals surface area contributed by atoms with Crippen LogP contribution in [0.3, 0.4) is 0 Å². The van der Waals surface area contributed by atoms with E-state index < -0.39 is 11.3 Å². The lowest BCUT2D eigenvalue weighted by Crippen LogP contribution is -2.39. The van der Waals surface area contributed by atoms with E-state index in [0.29, 0.717) is 65.1 Å². The quantitative estimate of drug-likeness (QED) is 0.395. The Morgan fingerprint density at radius 3 is 2.68 bits per heavy atom. The van der Waals surface area contributed by atoms with E-state index >= 15 is 0 Å². The number of benzene rings is 2. The highest BCUT2D eigenvalue weighted by atomic mass is 16.5. The lowest BCUT2D eigenvalue weighted by atomic mass is 9.99. The summed E-state index contributed by atoms with van der Waals surface area (Å²) in [6.07, 6.45) is 4.76. The summed E-state index contributed by atoms with van der Waals surface area (Å²) in [7, 11) is 0. The molecule has 0 atom stereocenters. The van der Waals surface area contributed by atoms with Crippen molar-refractivity contribution in [3.63, 3.8) is 0 Å². The molecule has 1 aliphatic heterocycles. The predicted octanol–water partition coefficient (Wildman–Crippen LogP) is 5.06. The van der Waals surface area contributed by atoms with Crippen LogP contribution in [0.5, 0.6) is 11.5 Å². The Kier molecular flexibility index (Phi) is 5.14. The minimum Gasteiger partial charge on any atom is -0.490 e. The molecule has 1 saturated carbocycles. The summed E-state index contributed by atoms with van der Waals surface area (Å²) in [5.74, 6) is 1.23. The monoisotopic (exact) mass is 459 g/mol. The van der Waals surface area contributed by atoms with Gasteiger partial charge in [-0.1, -0.05) is 25.0 Å². The first-order valence-electron chi connectivity index (χ1n) is 11.8. The van der Waals surface area contributed by atoms with Gasteiger partial charge in [-0.3, -0.25) is 4.90 Å². The van der Waals surface area contributed by atoms with Gasteiger partial charge < -0.3 is 18.3 Å². The van der Waals surface area contributed by atoms with Crippen LogP contribution in [0.15, 0.2) is 60.9 Å². The van der Waals surface area contributed by atoms with E-state index in [1.165, 1.54) is 18.9 Å². The molecule has 0 N–H and O–H groups in total. The average Bonchev–Trinajstić information content (AvgIpc) is 3.38. The van der Waals surface area contributed by atoms with Crippen molar-refractivity contribution >= 4 is 21.9 Å². The molecule has 34 heavy (non-hydrogen) atoms. The zero-order valence-electron chi connectivity index (χ0n) is 19.0. The summed E-state index contributed by atoms with van der Waals surface area (Å²) >= 11 is 0. The van der Waals surface area contributed by atoms with Crippen molar-refractivity contribution in [3.8, 4) is 22.6 Å². The summed E-state index contributed by atoms with van der Waals surface area (Å²) in [5, 5.41) is 1.40. The molecule has 1 aliphatic carbocycles. The molecular weight excluding hydrogens is 434 g/mol. The van der Waals surface area contributed by atoms with Gasteiger partial charge in [-0.2, -0.15) is 0 Å². The lowest BCUT2D eigenvalue weighted by Gasteiger charge is -2.33. The summed E-state index contributed by atoms with van der Waals surface area (Å²) in [6, 6.07) is 12.8. The van der Waals surface area contributed by atoms with E-state index in [0.717, 1.165) is 23.8 Å². The minimum atomic E-state index is -0.534. The van der Waals surface area contributed by atoms with Crippen molar-refractivity contribution in [1.82, 2.24) is 4.90 Å². The minimum absolute atomic E-state index is 0.309. The third-order valence-electron chi connectivity index (χ3n) is 6.87. The van der Waals surface area contributed by atoms with Gasteiger partial charge in [0.05, 0.1) is 17.7 Å². The first-order valence-corrected chi connectivity index (χ1v) is 11.8. The number of hydrogen-bond donors (Lipinski definition) is 0. The van der Waals surface area contributed by atoms with E-state index in [9.17, 15) is 9.59 Å². The van der Waals surface area contributed by atoms with Gasteiger partial charge in [0, 0.05) is 35.0 Å². The van der Waals surface area contributed by atoms with Crippen LogP contribution < -0.4 is 20.7 Å². The van der Waals surface area contributed by atoms with Crippen molar-refractivity contribution in [3.05, 3.63) is 68.9 Å². The molecule has 174 valence electrons. The molecule has 0 radical (unpaired) electrons. The van der Waals surface area contributed by atoms with E-state index in [1.54, 1.807) is 12.1 Å². The molecule has 0 amide bonds. The second-order valence-electron chi connectivity index (χ2n) is 8.91. The molecule has 3 heterocycles. The molecule has 4 aromatic rings. The van der Waals surface area contributed by atoms with Crippen LogP contribution in [0.25, 0.3) is 33.1 Å². The normalized spacial score (nSPS) is 16.6. The number of para-hydroxylation sites is 1. The highest BCUT2D eigenvalue weighted by Crippen LogP contribution is 2.38. The maximum absolute atomic E-state index is 13.1. The van der Waals surface area contributed by atoms with Gasteiger partial charge in [0.15, 0.2) is 11.3 Å². The van der Waals surface area contributed by atoms with E-state index in [4.69, 9.17) is 18.3 Å². The highest BCUT2D eigenvalue weighted by Gasteiger charge is 2.29. The van der Waals surface area contributed by atoms with Crippen LogP contribution in [-0.4, -0.2) is 24.3 Å². The van der Waals surface area contributed by atoms with E-state index in [-0.39, 0.29) is 0 Å². The molecule has 6 rings (SSSR count). The Labute approximate surface area is 195 Å². The molecule has 0 unspecified atom stereocenters. The van der Waals surface area contributed by atoms with Crippen molar-refractivity contribution in [2.75, 3.05) is 13.3 Å². The van der Waals surface area contributed by atoms with E-state index in [1.807, 2.05) is 31.2 Å². The summed E-state index contributed by atoms with van der Waals surface area (Å²) < 4.78 is 23.0. The standard InChI is InChI=1S/C27H25NO6/c1-2-31-23-9-5-6-16-12-20(27(30)34-25(16)23)19-13-24(29)33-26-18(19)10-11-22-21(26)14-28(15-32-22)17-7-3-4-8-17/h5-6,9-13,17H,2-4,7-8,14-15H2,1H3. The molecule has 0 saturated heterocycles. The van der Waals surface area contributed by atoms with Gasteiger partial charge in [0.2, 0.25) is 0 Å². The van der Waals surface area contributed by atoms with Crippen molar-refractivity contribution in [1.29, 1.82) is 0 Å². The molecule has 1 fully saturated rings. The van der Waals surface area contributed by atoms with Crippen LogP contribution in [0.2, 0.25) is 0 Å². The fourth-order valence-corrected chi connectivity index (χ4v) is 5.25. The highest BCUT2D eigenvalue weighted by molar-refractivity contribution is 5.97. The third-order valence-corrected chi connectivity index (χ3v) is 6.87. The maximum Gasteiger partial charge on any atom is 0.344 e. The summed E-state index contributed by atoms with van der Waals surface area (Å²) in [4.78, 5) is 28.0. The van der Waals surface area contributed by atoms with Crippen LogP contribution >= 0.6 is 0 Å². The Bertz CT molecular complexity index is 1510. The van der Waals surface area contributed by atoms with Crippen LogP contribution in [0, 0.1) is 0 Å². The van der Waals surface area contributed by atoms with Gasteiger partial charge in [-0.25, -0.2) is 9.59 Å². The van der Waals surface area contributed by atoms with Gasteiger partial charge in [-0.15, -0.1) is 0 Å². The molecular formula is C27H25NO6. The van der Waals surface area contributed by atoms with Crippen LogP contribution in [-0.2, 0) is 6.54 Å². The second-order valence-corrected chi connectivity index (χ2v) is 8.91. The molecule has 2 aromatic carbocycles. The van der Waals surface area contributed by atoms with Crippen molar-refractivity contribution in [2.45, 2.75) is 45.2 Å². The Morgan fingerprint density at radius 2 is 1.85 bits per heavy atom. The number of fused-ring (bicyclic) bond motifs is 4. The Balaban J connectivity index is 1.52. The van der Waals surface area contributed by atoms with Gasteiger partial charge in [0.25, 0.3) is 0 Å². The molecule has 2 aliphatic rings. The zero-order valence-corrected chi connectivity index (χ0v) is 19.0. The number of hydrogen-bond acceptors (Lipinski definition) is 7. The maximum atomic E-state index is 13.1. The predicted molar refractivity (Wildman–Crippen MR) is 128 cm³/mol. The van der Waals surface area contributed by atoms with Crippen molar-refractivity contribution < 1.29 is 18.3 Å². The largest absolute Gasteiger partial charge is 0.490 e. The van der Waals surface area contributed by atoms with Gasteiger partial charge >= 0.3 is 11.3 Å². The number of ether oxygens (including phenoxy) is 2. The molecule has 0 bridgehead atoms. The average molecular weight is 459 g/mol. The Morgan fingerprint density at radius 1 is 1.00 bits per heavy atom. The second kappa shape index (κ2) is 8.33. The number of nitrogens with zero attached hydrogens (tertiary/aromatic N) is 1. The van der Waals surface area contributed by atoms with Gasteiger partial charge in [-0.05, 0) is 44.0 Å². The fraction of sp³-hybridized carbons (Fsp3) is 0.333. The van der Waals surface area contributed by atoms with Crippen LogP contribution in [0.1, 0.15) is 38.2 Å². The lowest BCUT2D eigenvalue weighted by molar-refractivity contribution is 0.0581. The van der Waals surface area contributed by atoms with Crippen LogP contribution in [0.4, 0.5) is 0 Å². The molecule has 7 heteroatoms. The van der Waals surface area contributed by atoms with Crippen molar-refractivity contribution in [2.24, 2.45) is 0 Å². The number of rotatable bonds is 4. The first kappa shape index (κ1) is 21.0. The summed E-state index contributed by atoms with van der Waals surface area (Å²) in [6.45, 7) is 3.51. The van der Waals surface area contributed by atoms with Gasteiger partial charge in [0.1, 0.15) is 18.1 Å². The van der Waals surface area contributed by atoms with E-state index in [2.05, 4.69) is 4.90 Å². The Hall–Kier alpha value is -3.58. The zero-order chi connectivity index (χ0) is 23.2. The molecule has 2 aromatic heterocycles. The SMILES string of the molecule is CCOc1cccc2cc(-c3cc(=O)oc4c5c(ccc34)OCN(C3CCCC3)C5)c(=O)oc12.